The maximum Gasteiger partial charge on any atom is 0.225 e. The van der Waals surface area contributed by atoms with E-state index in [0.29, 0.717) is 23.2 Å². The third-order valence-corrected chi connectivity index (χ3v) is 3.77. The van der Waals surface area contributed by atoms with Crippen molar-refractivity contribution < 1.29 is 4.39 Å². The molecule has 19 heavy (non-hydrogen) atoms. The van der Waals surface area contributed by atoms with Crippen LogP contribution in [0.25, 0.3) is 10.2 Å². The predicted molar refractivity (Wildman–Crippen MR) is 76.2 cm³/mol. The summed E-state index contributed by atoms with van der Waals surface area (Å²) in [5.41, 5.74) is 0.563. The molecule has 2 aromatic heterocycles. The molecule has 0 aliphatic heterocycles. The number of nitrogens with one attached hydrogen (secondary N) is 1. The van der Waals surface area contributed by atoms with E-state index in [2.05, 4.69) is 15.3 Å². The summed E-state index contributed by atoms with van der Waals surface area (Å²) in [6, 6.07) is 8.46. The maximum atomic E-state index is 13.5. The smallest absolute Gasteiger partial charge is 0.225 e. The van der Waals surface area contributed by atoms with Crippen LogP contribution in [0.2, 0.25) is 5.15 Å². The first-order valence-electron chi connectivity index (χ1n) is 5.62. The van der Waals surface area contributed by atoms with Crippen LogP contribution < -0.4 is 5.32 Å². The first-order chi connectivity index (χ1) is 9.24. The summed E-state index contributed by atoms with van der Waals surface area (Å²) in [4.78, 5) is 9.29. The van der Waals surface area contributed by atoms with Gasteiger partial charge in [0.2, 0.25) is 5.95 Å². The molecule has 0 atom stereocenters. The van der Waals surface area contributed by atoms with Crippen molar-refractivity contribution in [2.24, 2.45) is 0 Å². The van der Waals surface area contributed by atoms with Crippen molar-refractivity contribution >= 4 is 39.1 Å². The molecule has 2 heterocycles. The lowest BCUT2D eigenvalue weighted by molar-refractivity contribution is 0.612. The van der Waals surface area contributed by atoms with Crippen LogP contribution >= 0.6 is 22.9 Å². The summed E-state index contributed by atoms with van der Waals surface area (Å²) in [6.07, 6.45) is 0. The number of halogens is 2. The van der Waals surface area contributed by atoms with E-state index in [1.807, 2.05) is 11.4 Å². The molecule has 3 nitrogen and oxygen atoms in total. The molecule has 0 saturated carbocycles. The number of thiophene rings is 1. The summed E-state index contributed by atoms with van der Waals surface area (Å²) in [5, 5.41) is 6.13. The fourth-order valence-electron chi connectivity index (χ4n) is 1.71. The average Bonchev–Trinajstić information content (AvgIpc) is 2.87. The van der Waals surface area contributed by atoms with Crippen molar-refractivity contribution in [3.63, 3.8) is 0 Å². The molecule has 0 spiro atoms. The number of benzene rings is 1. The Hall–Kier alpha value is -1.72. The number of hydrogen-bond acceptors (Lipinski definition) is 4. The Bertz CT molecular complexity index is 729. The lowest BCUT2D eigenvalue weighted by Crippen LogP contribution is -2.05. The number of anilines is 1. The van der Waals surface area contributed by atoms with Crippen molar-refractivity contribution in [3.8, 4) is 0 Å². The molecule has 0 bridgehead atoms. The van der Waals surface area contributed by atoms with Gasteiger partial charge >= 0.3 is 0 Å². The first kappa shape index (κ1) is 12.3. The SMILES string of the molecule is Fc1ccccc1CNc1nc(Cl)c2ccsc2n1. The molecule has 0 amide bonds. The van der Waals surface area contributed by atoms with E-state index in [-0.39, 0.29) is 5.82 Å². The molecular weight excluding hydrogens is 285 g/mol. The van der Waals surface area contributed by atoms with Crippen LogP contribution in [-0.4, -0.2) is 9.97 Å². The average molecular weight is 294 g/mol. The third-order valence-electron chi connectivity index (χ3n) is 2.67. The van der Waals surface area contributed by atoms with Gasteiger partial charge in [0.1, 0.15) is 15.8 Å². The lowest BCUT2D eigenvalue weighted by Gasteiger charge is -2.06. The Labute approximate surface area is 118 Å². The number of aromatic nitrogens is 2. The zero-order valence-corrected chi connectivity index (χ0v) is 11.3. The van der Waals surface area contributed by atoms with E-state index in [0.717, 1.165) is 10.2 Å². The van der Waals surface area contributed by atoms with Gasteiger partial charge in [0.15, 0.2) is 0 Å². The van der Waals surface area contributed by atoms with Crippen molar-refractivity contribution in [2.75, 3.05) is 5.32 Å². The molecular formula is C13H9ClFN3S. The largest absolute Gasteiger partial charge is 0.350 e. The van der Waals surface area contributed by atoms with E-state index >= 15 is 0 Å². The molecule has 96 valence electrons. The minimum atomic E-state index is -0.252. The molecule has 0 unspecified atom stereocenters. The van der Waals surface area contributed by atoms with E-state index in [9.17, 15) is 4.39 Å². The number of hydrogen-bond donors (Lipinski definition) is 1. The summed E-state index contributed by atoms with van der Waals surface area (Å²) in [6.45, 7) is 0.319. The summed E-state index contributed by atoms with van der Waals surface area (Å²) >= 11 is 7.55. The molecule has 3 aromatic rings. The van der Waals surface area contributed by atoms with Gasteiger partial charge in [0.05, 0.1) is 0 Å². The zero-order valence-electron chi connectivity index (χ0n) is 9.73. The van der Waals surface area contributed by atoms with E-state index in [4.69, 9.17) is 11.6 Å². The van der Waals surface area contributed by atoms with Gasteiger partial charge in [-0.3, -0.25) is 0 Å². The Kier molecular flexibility index (Phi) is 3.31. The van der Waals surface area contributed by atoms with Gasteiger partial charge in [-0.25, -0.2) is 14.4 Å². The zero-order chi connectivity index (χ0) is 13.2. The Morgan fingerprint density at radius 3 is 2.89 bits per heavy atom. The molecule has 6 heteroatoms. The third kappa shape index (κ3) is 2.52. The highest BCUT2D eigenvalue weighted by molar-refractivity contribution is 7.16. The van der Waals surface area contributed by atoms with Gasteiger partial charge in [-0.1, -0.05) is 29.8 Å². The summed E-state index contributed by atoms with van der Waals surface area (Å²) < 4.78 is 13.5. The molecule has 0 radical (unpaired) electrons. The Morgan fingerprint density at radius 2 is 2.05 bits per heavy atom. The molecule has 0 fully saturated rings. The lowest BCUT2D eigenvalue weighted by atomic mass is 10.2. The monoisotopic (exact) mass is 293 g/mol. The maximum absolute atomic E-state index is 13.5. The van der Waals surface area contributed by atoms with Crippen LogP contribution in [0.4, 0.5) is 10.3 Å². The molecule has 1 N–H and O–H groups in total. The second-order valence-electron chi connectivity index (χ2n) is 3.92. The summed E-state index contributed by atoms with van der Waals surface area (Å²) in [7, 11) is 0. The normalized spacial score (nSPS) is 10.8. The molecule has 3 rings (SSSR count). The van der Waals surface area contributed by atoms with Gasteiger partial charge in [0.25, 0.3) is 0 Å². The van der Waals surface area contributed by atoms with Crippen LogP contribution in [0.1, 0.15) is 5.56 Å². The van der Waals surface area contributed by atoms with Crippen LogP contribution in [0.5, 0.6) is 0 Å². The number of nitrogens with zero attached hydrogens (tertiary/aromatic N) is 2. The van der Waals surface area contributed by atoms with E-state index in [1.54, 1.807) is 18.2 Å². The topological polar surface area (TPSA) is 37.8 Å². The van der Waals surface area contributed by atoms with Gasteiger partial charge < -0.3 is 5.32 Å². The summed E-state index contributed by atoms with van der Waals surface area (Å²) in [5.74, 6) is 0.154. The highest BCUT2D eigenvalue weighted by Gasteiger charge is 2.07. The highest BCUT2D eigenvalue weighted by Crippen LogP contribution is 2.26. The fraction of sp³-hybridized carbons (Fsp3) is 0.0769. The second kappa shape index (κ2) is 5.11. The Morgan fingerprint density at radius 1 is 1.21 bits per heavy atom. The van der Waals surface area contributed by atoms with E-state index < -0.39 is 0 Å². The quantitative estimate of drug-likeness (QED) is 0.739. The van der Waals surface area contributed by atoms with Gasteiger partial charge in [0, 0.05) is 17.5 Å². The standard InChI is InChI=1S/C13H9ClFN3S/c14-11-9-5-6-19-12(9)18-13(17-11)16-7-8-3-1-2-4-10(8)15/h1-6H,7H2,(H,16,17,18). The van der Waals surface area contributed by atoms with Crippen molar-refractivity contribution in [1.29, 1.82) is 0 Å². The minimum Gasteiger partial charge on any atom is -0.350 e. The Balaban J connectivity index is 1.84. The molecule has 0 aliphatic rings. The molecule has 0 aliphatic carbocycles. The van der Waals surface area contributed by atoms with Gasteiger partial charge in [-0.2, -0.15) is 0 Å². The van der Waals surface area contributed by atoms with E-state index in [1.165, 1.54) is 17.4 Å². The van der Waals surface area contributed by atoms with Gasteiger partial charge in [-0.05, 0) is 17.5 Å². The van der Waals surface area contributed by atoms with Crippen molar-refractivity contribution in [3.05, 3.63) is 52.2 Å². The second-order valence-corrected chi connectivity index (χ2v) is 5.17. The highest BCUT2D eigenvalue weighted by atomic mass is 35.5. The first-order valence-corrected chi connectivity index (χ1v) is 6.88. The number of fused-ring (bicyclic) bond motifs is 1. The molecule has 1 aromatic carbocycles. The van der Waals surface area contributed by atoms with Crippen molar-refractivity contribution in [1.82, 2.24) is 9.97 Å². The van der Waals surface area contributed by atoms with Gasteiger partial charge in [-0.15, -0.1) is 11.3 Å². The molecule has 0 saturated heterocycles. The fourth-order valence-corrected chi connectivity index (χ4v) is 2.77. The van der Waals surface area contributed by atoms with Crippen LogP contribution in [0, 0.1) is 5.82 Å². The van der Waals surface area contributed by atoms with Crippen LogP contribution in [0.3, 0.4) is 0 Å². The van der Waals surface area contributed by atoms with Crippen LogP contribution in [0.15, 0.2) is 35.7 Å². The van der Waals surface area contributed by atoms with Crippen LogP contribution in [-0.2, 0) is 6.54 Å². The van der Waals surface area contributed by atoms with Crippen molar-refractivity contribution in [2.45, 2.75) is 6.54 Å². The predicted octanol–water partition coefficient (Wildman–Crippen LogP) is 4.10. The number of rotatable bonds is 3. The minimum absolute atomic E-state index is 0.252.